The fourth-order valence-electron chi connectivity index (χ4n) is 2.95. The van der Waals surface area contributed by atoms with Crippen LogP contribution in [0.5, 0.6) is 0 Å². The van der Waals surface area contributed by atoms with Gasteiger partial charge in [0.1, 0.15) is 0 Å². The minimum Gasteiger partial charge on any atom is -0.377 e. The van der Waals surface area contributed by atoms with E-state index in [1.165, 1.54) is 38.8 Å². The second kappa shape index (κ2) is 8.89. The minimum atomic E-state index is 0.463. The van der Waals surface area contributed by atoms with Gasteiger partial charge in [0.25, 0.3) is 0 Å². The summed E-state index contributed by atoms with van der Waals surface area (Å²) in [5.41, 5.74) is 5.87. The first-order chi connectivity index (χ1) is 8.65. The molecule has 3 nitrogen and oxygen atoms in total. The fourth-order valence-corrected chi connectivity index (χ4v) is 2.95. The smallest absolute Gasteiger partial charge is 0.0702 e. The van der Waals surface area contributed by atoms with Crippen LogP contribution in [0, 0.1) is 11.8 Å². The molecular formula is C15H32N2O. The molecule has 2 unspecified atom stereocenters. The second-order valence-corrected chi connectivity index (χ2v) is 6.04. The van der Waals surface area contributed by atoms with E-state index in [0.717, 1.165) is 25.6 Å². The van der Waals surface area contributed by atoms with Crippen LogP contribution >= 0.6 is 0 Å². The fraction of sp³-hybridized carbons (Fsp3) is 1.00. The standard InChI is InChI=1S/C15H32N2O/c1-4-18-15-6-5-8-17(12-15)9-7-14(11-16)10-13(2)3/h13-15H,4-12,16H2,1-3H3. The van der Waals surface area contributed by atoms with Gasteiger partial charge < -0.3 is 15.4 Å². The number of likely N-dealkylation sites (tertiary alicyclic amines) is 1. The van der Waals surface area contributed by atoms with Gasteiger partial charge in [-0.25, -0.2) is 0 Å². The minimum absolute atomic E-state index is 0.463. The average Bonchev–Trinajstić information content (AvgIpc) is 2.35. The number of nitrogens with zero attached hydrogens (tertiary/aromatic N) is 1. The summed E-state index contributed by atoms with van der Waals surface area (Å²) in [6.45, 7) is 11.9. The highest BCUT2D eigenvalue weighted by Gasteiger charge is 2.20. The highest BCUT2D eigenvalue weighted by Crippen LogP contribution is 2.18. The maximum absolute atomic E-state index is 5.87. The van der Waals surface area contributed by atoms with Gasteiger partial charge in [-0.05, 0) is 64.1 Å². The van der Waals surface area contributed by atoms with Crippen molar-refractivity contribution >= 4 is 0 Å². The van der Waals surface area contributed by atoms with Gasteiger partial charge in [0.05, 0.1) is 6.10 Å². The lowest BCUT2D eigenvalue weighted by molar-refractivity contribution is 0.00451. The summed E-state index contributed by atoms with van der Waals surface area (Å²) in [6.07, 6.45) is 5.48. The van der Waals surface area contributed by atoms with E-state index >= 15 is 0 Å². The van der Waals surface area contributed by atoms with Crippen LogP contribution in [0.25, 0.3) is 0 Å². The van der Waals surface area contributed by atoms with Crippen LogP contribution in [0.4, 0.5) is 0 Å². The van der Waals surface area contributed by atoms with Gasteiger partial charge in [-0.2, -0.15) is 0 Å². The van der Waals surface area contributed by atoms with Gasteiger partial charge in [-0.15, -0.1) is 0 Å². The van der Waals surface area contributed by atoms with E-state index in [4.69, 9.17) is 10.5 Å². The van der Waals surface area contributed by atoms with Crippen LogP contribution in [-0.2, 0) is 4.74 Å². The van der Waals surface area contributed by atoms with Crippen molar-refractivity contribution in [2.75, 3.05) is 32.8 Å². The van der Waals surface area contributed by atoms with Gasteiger partial charge in [-0.1, -0.05) is 13.8 Å². The molecule has 0 spiro atoms. The SMILES string of the molecule is CCOC1CCCN(CCC(CN)CC(C)C)C1. The molecule has 108 valence electrons. The number of nitrogens with two attached hydrogens (primary N) is 1. The maximum Gasteiger partial charge on any atom is 0.0702 e. The Kier molecular flexibility index (Phi) is 7.87. The van der Waals surface area contributed by atoms with Crippen LogP contribution in [0.2, 0.25) is 0 Å². The maximum atomic E-state index is 5.87. The Morgan fingerprint density at radius 3 is 2.78 bits per heavy atom. The molecule has 0 amide bonds. The molecule has 0 saturated carbocycles. The molecule has 1 aliphatic rings. The van der Waals surface area contributed by atoms with Crippen LogP contribution in [0.1, 0.15) is 46.5 Å². The largest absolute Gasteiger partial charge is 0.377 e. The van der Waals surface area contributed by atoms with Crippen molar-refractivity contribution in [1.82, 2.24) is 4.90 Å². The summed E-state index contributed by atoms with van der Waals surface area (Å²) in [7, 11) is 0. The Labute approximate surface area is 113 Å². The predicted octanol–water partition coefficient (Wildman–Crippen LogP) is 2.50. The zero-order valence-electron chi connectivity index (χ0n) is 12.5. The van der Waals surface area contributed by atoms with E-state index < -0.39 is 0 Å². The van der Waals surface area contributed by atoms with Crippen molar-refractivity contribution in [2.24, 2.45) is 17.6 Å². The monoisotopic (exact) mass is 256 g/mol. The first kappa shape index (κ1) is 15.9. The van der Waals surface area contributed by atoms with Crippen LogP contribution in [0.3, 0.4) is 0 Å². The molecule has 18 heavy (non-hydrogen) atoms. The predicted molar refractivity (Wildman–Crippen MR) is 77.7 cm³/mol. The lowest BCUT2D eigenvalue weighted by atomic mass is 9.94. The molecule has 1 saturated heterocycles. The van der Waals surface area contributed by atoms with Gasteiger partial charge >= 0.3 is 0 Å². The number of hydrogen-bond acceptors (Lipinski definition) is 3. The van der Waals surface area contributed by atoms with Crippen molar-refractivity contribution in [1.29, 1.82) is 0 Å². The van der Waals surface area contributed by atoms with Gasteiger partial charge in [0.15, 0.2) is 0 Å². The van der Waals surface area contributed by atoms with Crippen molar-refractivity contribution in [3.8, 4) is 0 Å². The third kappa shape index (κ3) is 6.17. The van der Waals surface area contributed by atoms with Gasteiger partial charge in [0.2, 0.25) is 0 Å². The number of rotatable bonds is 8. The third-order valence-electron chi connectivity index (χ3n) is 3.86. The summed E-state index contributed by atoms with van der Waals surface area (Å²) in [6, 6.07) is 0. The highest BCUT2D eigenvalue weighted by molar-refractivity contribution is 4.74. The summed E-state index contributed by atoms with van der Waals surface area (Å²) >= 11 is 0. The average molecular weight is 256 g/mol. The number of hydrogen-bond donors (Lipinski definition) is 1. The van der Waals surface area contributed by atoms with E-state index in [1.807, 2.05) is 0 Å². The Hall–Kier alpha value is -0.120. The number of ether oxygens (including phenoxy) is 1. The lowest BCUT2D eigenvalue weighted by Gasteiger charge is -2.33. The van der Waals surface area contributed by atoms with E-state index in [-0.39, 0.29) is 0 Å². The molecule has 1 heterocycles. The molecule has 1 aliphatic heterocycles. The molecule has 0 aromatic rings. The van der Waals surface area contributed by atoms with Gasteiger partial charge in [-0.3, -0.25) is 0 Å². The molecular weight excluding hydrogens is 224 g/mol. The zero-order valence-corrected chi connectivity index (χ0v) is 12.5. The highest BCUT2D eigenvalue weighted by atomic mass is 16.5. The normalized spacial score (nSPS) is 23.5. The summed E-state index contributed by atoms with van der Waals surface area (Å²) in [5.74, 6) is 1.45. The number of piperidine rings is 1. The molecule has 0 aliphatic carbocycles. The molecule has 1 fully saturated rings. The molecule has 1 rings (SSSR count). The van der Waals surface area contributed by atoms with Crippen LogP contribution < -0.4 is 5.73 Å². The molecule has 3 heteroatoms. The van der Waals surface area contributed by atoms with Crippen molar-refractivity contribution in [3.63, 3.8) is 0 Å². The van der Waals surface area contributed by atoms with E-state index in [0.29, 0.717) is 12.0 Å². The molecule has 0 radical (unpaired) electrons. The van der Waals surface area contributed by atoms with Gasteiger partial charge in [0, 0.05) is 13.2 Å². The zero-order chi connectivity index (χ0) is 13.4. The van der Waals surface area contributed by atoms with E-state index in [9.17, 15) is 0 Å². The molecule has 0 bridgehead atoms. The molecule has 2 atom stereocenters. The lowest BCUT2D eigenvalue weighted by Crippen LogP contribution is -2.40. The van der Waals surface area contributed by atoms with Crippen molar-refractivity contribution in [3.05, 3.63) is 0 Å². The first-order valence-electron chi connectivity index (χ1n) is 7.69. The summed E-state index contributed by atoms with van der Waals surface area (Å²) in [4.78, 5) is 2.56. The van der Waals surface area contributed by atoms with Crippen molar-refractivity contribution < 1.29 is 4.74 Å². The molecule has 0 aromatic heterocycles. The third-order valence-corrected chi connectivity index (χ3v) is 3.86. The summed E-state index contributed by atoms with van der Waals surface area (Å²) < 4.78 is 5.74. The first-order valence-corrected chi connectivity index (χ1v) is 7.69. The Morgan fingerprint density at radius 2 is 2.17 bits per heavy atom. The quantitative estimate of drug-likeness (QED) is 0.725. The molecule has 0 aromatic carbocycles. The Bertz CT molecular complexity index is 207. The van der Waals surface area contributed by atoms with Crippen molar-refractivity contribution in [2.45, 2.75) is 52.6 Å². The second-order valence-electron chi connectivity index (χ2n) is 6.04. The topological polar surface area (TPSA) is 38.5 Å². The Balaban J connectivity index is 2.24. The van der Waals surface area contributed by atoms with Crippen LogP contribution in [-0.4, -0.2) is 43.8 Å². The molecule has 2 N–H and O–H groups in total. The summed E-state index contributed by atoms with van der Waals surface area (Å²) in [5, 5.41) is 0. The van der Waals surface area contributed by atoms with E-state index in [1.54, 1.807) is 0 Å². The Morgan fingerprint density at radius 1 is 1.39 bits per heavy atom. The van der Waals surface area contributed by atoms with Crippen LogP contribution in [0.15, 0.2) is 0 Å². The van der Waals surface area contributed by atoms with E-state index in [2.05, 4.69) is 25.7 Å².